The predicted octanol–water partition coefficient (Wildman–Crippen LogP) is 5.23. The van der Waals surface area contributed by atoms with Gasteiger partial charge in [0.15, 0.2) is 5.16 Å². The molecule has 1 aromatic heterocycles. The van der Waals surface area contributed by atoms with Crippen molar-refractivity contribution in [2.75, 3.05) is 31.6 Å². The number of morpholine rings is 1. The lowest BCUT2D eigenvalue weighted by atomic mass is 10.0. The topological polar surface area (TPSA) is 87.3 Å². The van der Waals surface area contributed by atoms with E-state index in [4.69, 9.17) is 16.3 Å². The highest BCUT2D eigenvalue weighted by Crippen LogP contribution is 2.26. The van der Waals surface area contributed by atoms with Gasteiger partial charge in [-0.05, 0) is 48.0 Å². The Labute approximate surface area is 211 Å². The van der Waals surface area contributed by atoms with Crippen molar-refractivity contribution in [1.82, 2.24) is 14.9 Å². The smallest absolute Gasteiger partial charge is 0.256 e. The Morgan fingerprint density at radius 3 is 2.54 bits per heavy atom. The number of hydrogen-bond donors (Lipinski definition) is 2. The number of rotatable bonds is 6. The zero-order chi connectivity index (χ0) is 24.2. The van der Waals surface area contributed by atoms with E-state index in [2.05, 4.69) is 15.3 Å². The van der Waals surface area contributed by atoms with Crippen molar-refractivity contribution < 1.29 is 14.3 Å². The van der Waals surface area contributed by atoms with Crippen LogP contribution in [0.1, 0.15) is 26.3 Å². The van der Waals surface area contributed by atoms with Crippen molar-refractivity contribution in [3.63, 3.8) is 0 Å². The van der Waals surface area contributed by atoms with Gasteiger partial charge in [-0.3, -0.25) is 9.59 Å². The number of carbonyl (C=O) groups excluding carboxylic acids is 2. The number of benzene rings is 3. The molecule has 0 unspecified atom stereocenters. The normalized spacial score (nSPS) is 13.7. The molecule has 0 saturated carbocycles. The Hall–Kier alpha value is -3.33. The number of anilines is 1. The molecule has 1 aliphatic heterocycles. The molecule has 3 aromatic carbocycles. The third-order valence-corrected chi connectivity index (χ3v) is 6.90. The van der Waals surface area contributed by atoms with E-state index in [9.17, 15) is 9.59 Å². The van der Waals surface area contributed by atoms with E-state index in [1.807, 2.05) is 36.4 Å². The summed E-state index contributed by atoms with van der Waals surface area (Å²) < 4.78 is 5.33. The maximum atomic E-state index is 13.1. The lowest BCUT2D eigenvalue weighted by Crippen LogP contribution is -2.41. The highest BCUT2D eigenvalue weighted by Gasteiger charge is 2.23. The molecular formula is C26H23ClN4O3S. The summed E-state index contributed by atoms with van der Waals surface area (Å²) >= 11 is 7.55. The molecule has 0 radical (unpaired) electrons. The molecule has 4 aromatic rings. The highest BCUT2D eigenvalue weighted by atomic mass is 35.5. The lowest BCUT2D eigenvalue weighted by molar-refractivity contribution is 0.0302. The first-order valence-electron chi connectivity index (χ1n) is 11.2. The minimum atomic E-state index is -0.335. The molecule has 1 saturated heterocycles. The van der Waals surface area contributed by atoms with Crippen LogP contribution in [0.2, 0.25) is 5.02 Å². The summed E-state index contributed by atoms with van der Waals surface area (Å²) in [4.78, 5) is 35.7. The molecule has 35 heavy (non-hydrogen) atoms. The average molecular weight is 507 g/mol. The summed E-state index contributed by atoms with van der Waals surface area (Å²) in [5.74, 6) is 0.262. The van der Waals surface area contributed by atoms with E-state index in [0.717, 1.165) is 27.5 Å². The number of nitrogens with one attached hydrogen (secondary N) is 2. The van der Waals surface area contributed by atoms with Crippen molar-refractivity contribution in [2.24, 2.45) is 0 Å². The summed E-state index contributed by atoms with van der Waals surface area (Å²) in [6.45, 7) is 2.04. The fourth-order valence-corrected chi connectivity index (χ4v) is 4.83. The number of H-pyrrole nitrogens is 1. The molecular weight excluding hydrogens is 484 g/mol. The molecule has 0 atom stereocenters. The van der Waals surface area contributed by atoms with Crippen molar-refractivity contribution in [1.29, 1.82) is 0 Å². The van der Waals surface area contributed by atoms with Crippen LogP contribution in [0.15, 0.2) is 71.9 Å². The number of nitrogens with zero attached hydrogens (tertiary/aromatic N) is 2. The Bertz CT molecular complexity index is 1370. The summed E-state index contributed by atoms with van der Waals surface area (Å²) in [6.07, 6.45) is 0. The van der Waals surface area contributed by atoms with Crippen LogP contribution in [-0.2, 0) is 10.5 Å². The quantitative estimate of drug-likeness (QED) is 0.349. The second kappa shape index (κ2) is 10.5. The molecule has 0 aliphatic carbocycles. The van der Waals surface area contributed by atoms with Crippen molar-refractivity contribution in [2.45, 2.75) is 10.9 Å². The molecule has 7 nitrogen and oxygen atoms in total. The van der Waals surface area contributed by atoms with Gasteiger partial charge in [0, 0.05) is 29.6 Å². The second-order valence-corrected chi connectivity index (χ2v) is 9.49. The molecule has 1 aliphatic rings. The fourth-order valence-electron chi connectivity index (χ4n) is 3.87. The minimum absolute atomic E-state index is 0.162. The monoisotopic (exact) mass is 506 g/mol. The van der Waals surface area contributed by atoms with E-state index in [1.54, 1.807) is 47.0 Å². The van der Waals surface area contributed by atoms with Crippen LogP contribution in [0, 0.1) is 0 Å². The Kier molecular flexibility index (Phi) is 7.03. The van der Waals surface area contributed by atoms with Crippen molar-refractivity contribution in [3.05, 3.63) is 88.4 Å². The Morgan fingerprint density at radius 1 is 1.03 bits per heavy atom. The number of imidazole rings is 1. The highest BCUT2D eigenvalue weighted by molar-refractivity contribution is 7.98. The molecule has 9 heteroatoms. The molecule has 178 valence electrons. The van der Waals surface area contributed by atoms with E-state index >= 15 is 0 Å². The first kappa shape index (κ1) is 23.4. The zero-order valence-corrected chi connectivity index (χ0v) is 20.4. The number of aromatic nitrogens is 2. The number of aromatic amines is 1. The number of carbonyl (C=O) groups is 2. The van der Waals surface area contributed by atoms with Gasteiger partial charge in [0.05, 0.1) is 35.4 Å². The van der Waals surface area contributed by atoms with E-state index < -0.39 is 0 Å². The Morgan fingerprint density at radius 2 is 1.77 bits per heavy atom. The SMILES string of the molecule is O=C(Nc1ccc2nc(SCc3ccc(Cl)cc3)[nH]c2c1)c1ccccc1C(=O)N1CCOCC1. The number of hydrogen-bond acceptors (Lipinski definition) is 5. The number of amides is 2. The van der Waals surface area contributed by atoms with Gasteiger partial charge in [-0.25, -0.2) is 4.98 Å². The van der Waals surface area contributed by atoms with Crippen LogP contribution < -0.4 is 5.32 Å². The molecule has 5 rings (SSSR count). The molecule has 0 bridgehead atoms. The van der Waals surface area contributed by atoms with Crippen LogP contribution >= 0.6 is 23.4 Å². The minimum Gasteiger partial charge on any atom is -0.378 e. The molecule has 1 fully saturated rings. The van der Waals surface area contributed by atoms with Gasteiger partial charge >= 0.3 is 0 Å². The number of ether oxygens (including phenoxy) is 1. The van der Waals surface area contributed by atoms with E-state index in [0.29, 0.717) is 48.1 Å². The maximum Gasteiger partial charge on any atom is 0.256 e. The fraction of sp³-hybridized carbons (Fsp3) is 0.192. The Balaban J connectivity index is 1.29. The van der Waals surface area contributed by atoms with Gasteiger partial charge in [0.2, 0.25) is 0 Å². The average Bonchev–Trinajstić information content (AvgIpc) is 3.30. The number of fused-ring (bicyclic) bond motifs is 1. The maximum absolute atomic E-state index is 13.1. The molecule has 0 spiro atoms. The second-order valence-electron chi connectivity index (χ2n) is 8.09. The van der Waals surface area contributed by atoms with Gasteiger partial charge in [-0.1, -0.05) is 47.6 Å². The van der Waals surface area contributed by atoms with Gasteiger partial charge in [0.1, 0.15) is 0 Å². The summed E-state index contributed by atoms with van der Waals surface area (Å²) in [5, 5.41) is 4.42. The van der Waals surface area contributed by atoms with Crippen LogP contribution in [0.25, 0.3) is 11.0 Å². The first-order valence-corrected chi connectivity index (χ1v) is 12.6. The standard InChI is InChI=1S/C26H23ClN4O3S/c27-18-7-5-17(6-8-18)16-35-26-29-22-10-9-19(15-23(22)30-26)28-24(32)20-3-1-2-4-21(20)25(33)31-11-13-34-14-12-31/h1-10,15H,11-14,16H2,(H,28,32)(H,29,30). The lowest BCUT2D eigenvalue weighted by Gasteiger charge is -2.27. The predicted molar refractivity (Wildman–Crippen MR) is 138 cm³/mol. The molecule has 2 heterocycles. The van der Waals surface area contributed by atoms with E-state index in [-0.39, 0.29) is 11.8 Å². The van der Waals surface area contributed by atoms with Gasteiger partial charge in [-0.15, -0.1) is 0 Å². The number of thioether (sulfide) groups is 1. The van der Waals surface area contributed by atoms with Crippen LogP contribution in [0.3, 0.4) is 0 Å². The van der Waals surface area contributed by atoms with Crippen molar-refractivity contribution >= 4 is 51.9 Å². The van der Waals surface area contributed by atoms with Gasteiger partial charge < -0.3 is 19.9 Å². The summed E-state index contributed by atoms with van der Waals surface area (Å²) in [7, 11) is 0. The van der Waals surface area contributed by atoms with Crippen LogP contribution in [0.5, 0.6) is 0 Å². The molecule has 2 amide bonds. The van der Waals surface area contributed by atoms with Gasteiger partial charge in [-0.2, -0.15) is 0 Å². The van der Waals surface area contributed by atoms with Crippen LogP contribution in [0.4, 0.5) is 5.69 Å². The third kappa shape index (κ3) is 5.51. The van der Waals surface area contributed by atoms with Gasteiger partial charge in [0.25, 0.3) is 11.8 Å². The summed E-state index contributed by atoms with van der Waals surface area (Å²) in [5.41, 5.74) is 4.12. The third-order valence-electron chi connectivity index (χ3n) is 5.71. The molecule has 2 N–H and O–H groups in total. The first-order chi connectivity index (χ1) is 17.1. The summed E-state index contributed by atoms with van der Waals surface area (Å²) in [6, 6.07) is 20.1. The van der Waals surface area contributed by atoms with Crippen molar-refractivity contribution in [3.8, 4) is 0 Å². The zero-order valence-electron chi connectivity index (χ0n) is 18.8. The largest absolute Gasteiger partial charge is 0.378 e. The van der Waals surface area contributed by atoms with Crippen LogP contribution in [-0.4, -0.2) is 53.0 Å². The van der Waals surface area contributed by atoms with E-state index in [1.165, 1.54) is 0 Å². The number of halogens is 1.